The second-order valence-electron chi connectivity index (χ2n) is 6.43. The Hall–Kier alpha value is -0.840. The van der Waals surface area contributed by atoms with E-state index < -0.39 is 0 Å². The van der Waals surface area contributed by atoms with Crippen molar-refractivity contribution in [1.29, 1.82) is 0 Å². The van der Waals surface area contributed by atoms with Crippen LogP contribution in [0.5, 0.6) is 0 Å². The van der Waals surface area contributed by atoms with E-state index in [1.165, 1.54) is 31.2 Å². The predicted octanol–water partition coefficient (Wildman–Crippen LogP) is 2.84. The van der Waals surface area contributed by atoms with Crippen LogP contribution in [0.1, 0.15) is 49.7 Å². The minimum absolute atomic E-state index is 0.399. The van der Waals surface area contributed by atoms with E-state index in [0.717, 1.165) is 50.3 Å². The molecule has 1 unspecified atom stereocenters. The standard InChI is InChI=1S/C17H28N2O2/c1-3-20-15-5-4-8-19(11-15)12-16-9-13(2)17(21-16)10-18-14-6-7-14/h9,14-15,18H,3-8,10-12H2,1-2H3. The molecule has 1 aliphatic carbocycles. The number of ether oxygens (including phenoxy) is 1. The Balaban J connectivity index is 1.52. The van der Waals surface area contributed by atoms with Crippen molar-refractivity contribution in [2.75, 3.05) is 19.7 Å². The monoisotopic (exact) mass is 292 g/mol. The zero-order valence-electron chi connectivity index (χ0n) is 13.4. The van der Waals surface area contributed by atoms with Gasteiger partial charge in [0.05, 0.1) is 19.2 Å². The molecule has 1 atom stereocenters. The minimum atomic E-state index is 0.399. The predicted molar refractivity (Wildman–Crippen MR) is 83.2 cm³/mol. The van der Waals surface area contributed by atoms with Gasteiger partial charge in [0.25, 0.3) is 0 Å². The largest absolute Gasteiger partial charge is 0.463 e. The molecule has 1 saturated carbocycles. The third-order valence-electron chi connectivity index (χ3n) is 4.44. The summed E-state index contributed by atoms with van der Waals surface area (Å²) in [5.74, 6) is 2.20. The number of hydrogen-bond acceptors (Lipinski definition) is 4. The highest BCUT2D eigenvalue weighted by Crippen LogP contribution is 2.22. The van der Waals surface area contributed by atoms with Gasteiger partial charge in [0, 0.05) is 19.2 Å². The van der Waals surface area contributed by atoms with Crippen LogP contribution in [0.2, 0.25) is 0 Å². The van der Waals surface area contributed by atoms with Gasteiger partial charge in [0.1, 0.15) is 11.5 Å². The van der Waals surface area contributed by atoms with Crippen LogP contribution in [0.25, 0.3) is 0 Å². The SMILES string of the molecule is CCOC1CCCN(Cc2cc(C)c(CNC3CC3)o2)C1. The molecule has 1 aliphatic heterocycles. The van der Waals surface area contributed by atoms with Crippen LogP contribution in [0.15, 0.2) is 10.5 Å². The molecule has 1 aromatic rings. The molecule has 2 fully saturated rings. The summed E-state index contributed by atoms with van der Waals surface area (Å²) in [6.45, 7) is 9.01. The average Bonchev–Trinajstić information content (AvgIpc) is 3.22. The number of nitrogens with zero attached hydrogens (tertiary/aromatic N) is 1. The van der Waals surface area contributed by atoms with Gasteiger partial charge in [-0.3, -0.25) is 4.90 Å². The number of piperidine rings is 1. The first-order chi connectivity index (χ1) is 10.2. The summed E-state index contributed by atoms with van der Waals surface area (Å²) in [4.78, 5) is 2.46. The molecule has 4 heteroatoms. The molecule has 21 heavy (non-hydrogen) atoms. The van der Waals surface area contributed by atoms with Gasteiger partial charge in [0.15, 0.2) is 0 Å². The molecule has 1 N–H and O–H groups in total. The second-order valence-corrected chi connectivity index (χ2v) is 6.43. The number of furan rings is 1. The van der Waals surface area contributed by atoms with Crippen molar-refractivity contribution in [2.45, 2.75) is 64.8 Å². The van der Waals surface area contributed by atoms with Gasteiger partial charge >= 0.3 is 0 Å². The first-order valence-electron chi connectivity index (χ1n) is 8.40. The van der Waals surface area contributed by atoms with Crippen LogP contribution in [0.4, 0.5) is 0 Å². The smallest absolute Gasteiger partial charge is 0.120 e. The van der Waals surface area contributed by atoms with E-state index in [9.17, 15) is 0 Å². The van der Waals surface area contributed by atoms with Crippen molar-refractivity contribution in [3.05, 3.63) is 23.2 Å². The first-order valence-corrected chi connectivity index (χ1v) is 8.40. The zero-order chi connectivity index (χ0) is 14.7. The fourth-order valence-corrected chi connectivity index (χ4v) is 3.12. The number of aryl methyl sites for hydroxylation is 1. The van der Waals surface area contributed by atoms with Gasteiger partial charge in [-0.05, 0) is 57.7 Å². The molecule has 118 valence electrons. The molecule has 0 radical (unpaired) electrons. The van der Waals surface area contributed by atoms with E-state index in [0.29, 0.717) is 6.10 Å². The molecule has 0 aromatic carbocycles. The lowest BCUT2D eigenvalue weighted by molar-refractivity contribution is 0.00193. The lowest BCUT2D eigenvalue weighted by atomic mass is 10.1. The lowest BCUT2D eigenvalue weighted by Gasteiger charge is -2.31. The summed E-state index contributed by atoms with van der Waals surface area (Å²) in [6, 6.07) is 2.93. The molecular weight excluding hydrogens is 264 g/mol. The van der Waals surface area contributed by atoms with Crippen LogP contribution in [-0.4, -0.2) is 36.7 Å². The Labute approximate surface area is 127 Å². The zero-order valence-corrected chi connectivity index (χ0v) is 13.4. The third kappa shape index (κ3) is 4.31. The number of likely N-dealkylation sites (tertiary alicyclic amines) is 1. The molecule has 0 spiro atoms. The molecular formula is C17H28N2O2. The third-order valence-corrected chi connectivity index (χ3v) is 4.44. The summed E-state index contributed by atoms with van der Waals surface area (Å²) in [6.07, 6.45) is 5.45. The summed E-state index contributed by atoms with van der Waals surface area (Å²) in [5, 5.41) is 3.53. The Morgan fingerprint density at radius 1 is 1.38 bits per heavy atom. The summed E-state index contributed by atoms with van der Waals surface area (Å²) in [5.41, 5.74) is 1.27. The molecule has 1 aromatic heterocycles. The highest BCUT2D eigenvalue weighted by molar-refractivity contribution is 5.20. The maximum atomic E-state index is 6.05. The van der Waals surface area contributed by atoms with Crippen molar-refractivity contribution >= 4 is 0 Å². The molecule has 1 saturated heterocycles. The van der Waals surface area contributed by atoms with Crippen LogP contribution in [-0.2, 0) is 17.8 Å². The maximum Gasteiger partial charge on any atom is 0.120 e. The second kappa shape index (κ2) is 6.95. The highest BCUT2D eigenvalue weighted by Gasteiger charge is 2.23. The van der Waals surface area contributed by atoms with Gasteiger partial charge < -0.3 is 14.5 Å². The number of hydrogen-bond donors (Lipinski definition) is 1. The quantitative estimate of drug-likeness (QED) is 0.838. The van der Waals surface area contributed by atoms with Crippen LogP contribution in [0.3, 0.4) is 0 Å². The van der Waals surface area contributed by atoms with E-state index >= 15 is 0 Å². The van der Waals surface area contributed by atoms with Crippen LogP contribution < -0.4 is 5.32 Å². The topological polar surface area (TPSA) is 37.6 Å². The minimum Gasteiger partial charge on any atom is -0.463 e. The van der Waals surface area contributed by atoms with Gasteiger partial charge in [-0.25, -0.2) is 0 Å². The van der Waals surface area contributed by atoms with E-state index in [1.54, 1.807) is 0 Å². The Bertz CT molecular complexity index is 452. The van der Waals surface area contributed by atoms with Crippen molar-refractivity contribution in [3.63, 3.8) is 0 Å². The number of nitrogens with one attached hydrogen (secondary N) is 1. The molecule has 0 bridgehead atoms. The maximum absolute atomic E-state index is 6.05. The van der Waals surface area contributed by atoms with Crippen molar-refractivity contribution in [3.8, 4) is 0 Å². The van der Waals surface area contributed by atoms with Crippen LogP contribution in [0, 0.1) is 6.92 Å². The van der Waals surface area contributed by atoms with Gasteiger partial charge in [-0.1, -0.05) is 0 Å². The first kappa shape index (κ1) is 15.1. The van der Waals surface area contributed by atoms with Gasteiger partial charge in [-0.2, -0.15) is 0 Å². The molecule has 3 rings (SSSR count). The van der Waals surface area contributed by atoms with E-state index in [4.69, 9.17) is 9.15 Å². The van der Waals surface area contributed by atoms with Gasteiger partial charge in [0.2, 0.25) is 0 Å². The fourth-order valence-electron chi connectivity index (χ4n) is 3.12. The Morgan fingerprint density at radius 3 is 3.00 bits per heavy atom. The molecule has 2 aliphatic rings. The van der Waals surface area contributed by atoms with Crippen molar-refractivity contribution < 1.29 is 9.15 Å². The molecule has 4 nitrogen and oxygen atoms in total. The van der Waals surface area contributed by atoms with E-state index in [2.05, 4.69) is 30.1 Å². The average molecular weight is 292 g/mol. The Morgan fingerprint density at radius 2 is 2.24 bits per heavy atom. The van der Waals surface area contributed by atoms with Crippen molar-refractivity contribution in [1.82, 2.24) is 10.2 Å². The highest BCUT2D eigenvalue weighted by atomic mass is 16.5. The van der Waals surface area contributed by atoms with E-state index in [1.807, 2.05) is 0 Å². The summed E-state index contributed by atoms with van der Waals surface area (Å²) < 4.78 is 11.8. The summed E-state index contributed by atoms with van der Waals surface area (Å²) >= 11 is 0. The van der Waals surface area contributed by atoms with Crippen LogP contribution >= 0.6 is 0 Å². The number of rotatable bonds is 7. The molecule has 0 amide bonds. The van der Waals surface area contributed by atoms with Gasteiger partial charge in [-0.15, -0.1) is 0 Å². The Kier molecular flexibility index (Phi) is 4.99. The normalized spacial score (nSPS) is 23.6. The van der Waals surface area contributed by atoms with E-state index in [-0.39, 0.29) is 0 Å². The lowest BCUT2D eigenvalue weighted by Crippen LogP contribution is -2.39. The summed E-state index contributed by atoms with van der Waals surface area (Å²) in [7, 11) is 0. The van der Waals surface area contributed by atoms with Crippen molar-refractivity contribution in [2.24, 2.45) is 0 Å². The fraction of sp³-hybridized carbons (Fsp3) is 0.765. The molecule has 2 heterocycles.